The minimum atomic E-state index is -3.30. The second kappa shape index (κ2) is 8.20. The second-order valence-electron chi connectivity index (χ2n) is 6.00. The van der Waals surface area contributed by atoms with Crippen LogP contribution in [0.3, 0.4) is 0 Å². The SMILES string of the molecule is COc1ccc(CN=C(N)NCC(C)(C)NS(C)(=O)=O)cc1OC. The summed E-state index contributed by atoms with van der Waals surface area (Å²) in [4.78, 5) is 4.23. The highest BCUT2D eigenvalue weighted by molar-refractivity contribution is 7.88. The van der Waals surface area contributed by atoms with Gasteiger partial charge >= 0.3 is 0 Å². The van der Waals surface area contributed by atoms with Gasteiger partial charge in [-0.3, -0.25) is 0 Å². The molecule has 0 aromatic heterocycles. The Balaban J connectivity index is 2.64. The van der Waals surface area contributed by atoms with E-state index < -0.39 is 15.6 Å². The largest absolute Gasteiger partial charge is 0.493 e. The van der Waals surface area contributed by atoms with Crippen LogP contribution in [0.2, 0.25) is 0 Å². The minimum absolute atomic E-state index is 0.230. The van der Waals surface area contributed by atoms with Crippen LogP contribution in [-0.4, -0.2) is 46.9 Å². The standard InChI is InChI=1S/C15H26N4O4S/c1-15(2,19-24(5,20)21)10-18-14(16)17-9-11-6-7-12(22-3)13(8-11)23-4/h6-8,19H,9-10H2,1-5H3,(H3,16,17,18). The van der Waals surface area contributed by atoms with E-state index in [4.69, 9.17) is 15.2 Å². The molecule has 24 heavy (non-hydrogen) atoms. The Hall–Kier alpha value is -2.00. The van der Waals surface area contributed by atoms with Crippen LogP contribution >= 0.6 is 0 Å². The monoisotopic (exact) mass is 358 g/mol. The van der Waals surface area contributed by atoms with Crippen LogP contribution in [0.1, 0.15) is 19.4 Å². The molecule has 0 aliphatic heterocycles. The van der Waals surface area contributed by atoms with Crippen molar-refractivity contribution in [2.75, 3.05) is 27.0 Å². The first kappa shape index (κ1) is 20.0. The van der Waals surface area contributed by atoms with E-state index in [-0.39, 0.29) is 5.96 Å². The number of nitrogens with two attached hydrogens (primary N) is 1. The number of nitrogens with one attached hydrogen (secondary N) is 2. The molecule has 4 N–H and O–H groups in total. The van der Waals surface area contributed by atoms with E-state index in [2.05, 4.69) is 15.0 Å². The van der Waals surface area contributed by atoms with Gasteiger partial charge in [-0.05, 0) is 31.5 Å². The van der Waals surface area contributed by atoms with Crippen molar-refractivity contribution in [1.29, 1.82) is 0 Å². The Morgan fingerprint density at radius 2 is 1.88 bits per heavy atom. The predicted molar refractivity (Wildman–Crippen MR) is 94.9 cm³/mol. The molecule has 9 heteroatoms. The lowest BCUT2D eigenvalue weighted by atomic mass is 10.1. The average Bonchev–Trinajstić information content (AvgIpc) is 2.48. The number of aliphatic imine (C=N–C) groups is 1. The van der Waals surface area contributed by atoms with Gasteiger partial charge < -0.3 is 20.5 Å². The maximum Gasteiger partial charge on any atom is 0.209 e. The first-order valence-corrected chi connectivity index (χ1v) is 9.19. The van der Waals surface area contributed by atoms with Crippen LogP contribution < -0.4 is 25.2 Å². The van der Waals surface area contributed by atoms with Gasteiger partial charge in [0.25, 0.3) is 0 Å². The first-order chi connectivity index (χ1) is 11.1. The lowest BCUT2D eigenvalue weighted by Crippen LogP contribution is -2.52. The number of hydrogen-bond donors (Lipinski definition) is 3. The number of benzene rings is 1. The van der Waals surface area contributed by atoms with Crippen LogP contribution in [0.25, 0.3) is 0 Å². The number of sulfonamides is 1. The van der Waals surface area contributed by atoms with Crippen LogP contribution in [-0.2, 0) is 16.6 Å². The van der Waals surface area contributed by atoms with Gasteiger partial charge in [-0.25, -0.2) is 18.1 Å². The highest BCUT2D eigenvalue weighted by Gasteiger charge is 2.21. The predicted octanol–water partition coefficient (Wildman–Crippen LogP) is 0.436. The number of hydrogen-bond acceptors (Lipinski definition) is 5. The Kier molecular flexibility index (Phi) is 6.85. The third-order valence-corrected chi connectivity index (χ3v) is 3.98. The lowest BCUT2D eigenvalue weighted by molar-refractivity contribution is 0.354. The highest BCUT2D eigenvalue weighted by Crippen LogP contribution is 2.27. The molecule has 0 radical (unpaired) electrons. The molecular weight excluding hydrogens is 332 g/mol. The van der Waals surface area contributed by atoms with Gasteiger partial charge in [0.2, 0.25) is 10.0 Å². The van der Waals surface area contributed by atoms with E-state index in [1.54, 1.807) is 34.1 Å². The Labute approximate surface area is 143 Å². The van der Waals surface area contributed by atoms with Crippen LogP contribution in [0.5, 0.6) is 11.5 Å². The lowest BCUT2D eigenvalue weighted by Gasteiger charge is -2.25. The summed E-state index contributed by atoms with van der Waals surface area (Å²) < 4.78 is 35.5. The fraction of sp³-hybridized carbons (Fsp3) is 0.533. The van der Waals surface area contributed by atoms with E-state index in [0.717, 1.165) is 11.8 Å². The normalized spacial score (nSPS) is 12.8. The van der Waals surface area contributed by atoms with E-state index in [0.29, 0.717) is 24.6 Å². The number of rotatable bonds is 8. The molecule has 0 spiro atoms. The van der Waals surface area contributed by atoms with Gasteiger partial charge in [-0.1, -0.05) is 6.07 Å². The fourth-order valence-electron chi connectivity index (χ4n) is 2.06. The van der Waals surface area contributed by atoms with E-state index in [1.165, 1.54) is 0 Å². The zero-order valence-electron chi connectivity index (χ0n) is 14.7. The van der Waals surface area contributed by atoms with E-state index in [1.807, 2.05) is 12.1 Å². The maximum atomic E-state index is 11.3. The van der Waals surface area contributed by atoms with Crippen molar-refractivity contribution in [1.82, 2.24) is 10.0 Å². The molecule has 1 rings (SSSR count). The van der Waals surface area contributed by atoms with Crippen LogP contribution in [0, 0.1) is 0 Å². The third-order valence-electron chi connectivity index (χ3n) is 3.05. The Morgan fingerprint density at radius 1 is 1.25 bits per heavy atom. The summed E-state index contributed by atoms with van der Waals surface area (Å²) in [5.74, 6) is 1.49. The molecule has 1 aromatic carbocycles. The molecule has 0 saturated heterocycles. The van der Waals surface area contributed by atoms with Crippen molar-refractivity contribution in [2.45, 2.75) is 25.9 Å². The summed E-state index contributed by atoms with van der Waals surface area (Å²) in [6, 6.07) is 5.49. The first-order valence-electron chi connectivity index (χ1n) is 7.30. The van der Waals surface area contributed by atoms with Gasteiger partial charge in [-0.2, -0.15) is 0 Å². The minimum Gasteiger partial charge on any atom is -0.493 e. The summed E-state index contributed by atoms with van der Waals surface area (Å²) in [6.45, 7) is 4.17. The molecule has 0 amide bonds. The van der Waals surface area contributed by atoms with Gasteiger partial charge in [-0.15, -0.1) is 0 Å². The smallest absolute Gasteiger partial charge is 0.209 e. The quantitative estimate of drug-likeness (QED) is 0.459. The third kappa shape index (κ3) is 7.05. The molecular formula is C15H26N4O4S. The average molecular weight is 358 g/mol. The molecule has 1 aromatic rings. The second-order valence-corrected chi connectivity index (χ2v) is 7.75. The molecule has 0 aliphatic rings. The van der Waals surface area contributed by atoms with Crippen LogP contribution in [0.4, 0.5) is 0 Å². The number of methoxy groups -OCH3 is 2. The summed E-state index contributed by atoms with van der Waals surface area (Å²) in [7, 11) is -0.155. The zero-order chi connectivity index (χ0) is 18.4. The van der Waals surface area contributed by atoms with E-state index >= 15 is 0 Å². The molecule has 0 saturated carbocycles. The maximum absolute atomic E-state index is 11.3. The number of ether oxygens (including phenoxy) is 2. The fourth-order valence-corrected chi connectivity index (χ4v) is 3.14. The van der Waals surface area contributed by atoms with Crippen molar-refractivity contribution < 1.29 is 17.9 Å². The highest BCUT2D eigenvalue weighted by atomic mass is 32.2. The van der Waals surface area contributed by atoms with Gasteiger partial charge in [0.05, 0.1) is 27.0 Å². The summed E-state index contributed by atoms with van der Waals surface area (Å²) in [5, 5.41) is 2.91. The molecule has 0 atom stereocenters. The summed E-state index contributed by atoms with van der Waals surface area (Å²) in [5.41, 5.74) is 6.05. The molecule has 0 bridgehead atoms. The van der Waals surface area contributed by atoms with Crippen molar-refractivity contribution in [3.05, 3.63) is 23.8 Å². The van der Waals surface area contributed by atoms with Gasteiger partial charge in [0.15, 0.2) is 17.5 Å². The Morgan fingerprint density at radius 3 is 2.42 bits per heavy atom. The van der Waals surface area contributed by atoms with Crippen molar-refractivity contribution in [2.24, 2.45) is 10.7 Å². The van der Waals surface area contributed by atoms with Crippen molar-refractivity contribution >= 4 is 16.0 Å². The zero-order valence-corrected chi connectivity index (χ0v) is 15.5. The van der Waals surface area contributed by atoms with E-state index in [9.17, 15) is 8.42 Å². The van der Waals surface area contributed by atoms with Crippen molar-refractivity contribution in [3.63, 3.8) is 0 Å². The van der Waals surface area contributed by atoms with Crippen molar-refractivity contribution in [3.8, 4) is 11.5 Å². The Bertz CT molecular complexity index is 687. The summed E-state index contributed by atoms with van der Waals surface area (Å²) >= 11 is 0. The molecule has 8 nitrogen and oxygen atoms in total. The molecule has 0 aliphatic carbocycles. The van der Waals surface area contributed by atoms with Gasteiger partial charge in [0.1, 0.15) is 0 Å². The van der Waals surface area contributed by atoms with Crippen LogP contribution in [0.15, 0.2) is 23.2 Å². The molecule has 136 valence electrons. The molecule has 0 fully saturated rings. The molecule has 0 unspecified atom stereocenters. The number of guanidine groups is 1. The molecule has 0 heterocycles. The van der Waals surface area contributed by atoms with Gasteiger partial charge in [0, 0.05) is 12.1 Å². The number of nitrogens with zero attached hydrogens (tertiary/aromatic N) is 1. The topological polar surface area (TPSA) is 115 Å². The summed E-state index contributed by atoms with van der Waals surface area (Å²) in [6.07, 6.45) is 1.11.